The van der Waals surface area contributed by atoms with E-state index in [2.05, 4.69) is 43.2 Å². The Labute approximate surface area is 132 Å². The van der Waals surface area contributed by atoms with Crippen LogP contribution in [-0.4, -0.2) is 6.54 Å². The second-order valence-electron chi connectivity index (χ2n) is 3.68. The molecule has 1 aromatic heterocycles. The second-order valence-corrected chi connectivity index (χ2v) is 7.35. The lowest BCUT2D eigenvalue weighted by Gasteiger charge is -2.17. The Hall–Kier alpha value is -0.0700. The van der Waals surface area contributed by atoms with E-state index < -0.39 is 0 Å². The van der Waals surface area contributed by atoms with Gasteiger partial charge in [0.05, 0.1) is 20.5 Å². The molecule has 6 heteroatoms. The molecule has 0 saturated carbocycles. The molecule has 18 heavy (non-hydrogen) atoms. The molecule has 2 aromatic rings. The van der Waals surface area contributed by atoms with E-state index in [0.717, 1.165) is 18.8 Å². The van der Waals surface area contributed by atoms with Crippen LogP contribution in [0.3, 0.4) is 0 Å². The quantitative estimate of drug-likeness (QED) is 0.741. The molecule has 96 valence electrons. The van der Waals surface area contributed by atoms with Crippen LogP contribution in [0.5, 0.6) is 0 Å². The Balaban J connectivity index is 2.22. The van der Waals surface area contributed by atoms with Crippen molar-refractivity contribution in [2.24, 2.45) is 5.73 Å². The van der Waals surface area contributed by atoms with Crippen molar-refractivity contribution in [3.8, 4) is 0 Å². The fraction of sp³-hybridized carbons (Fsp3) is 0.167. The van der Waals surface area contributed by atoms with Gasteiger partial charge >= 0.3 is 0 Å². The van der Waals surface area contributed by atoms with E-state index in [1.54, 1.807) is 11.3 Å². The Morgan fingerprint density at radius 2 is 2.06 bits per heavy atom. The third-order valence-corrected chi connectivity index (χ3v) is 6.15. The number of hydrogen-bond donors (Lipinski definition) is 2. The number of para-hydroxylation sites is 1. The Morgan fingerprint density at radius 1 is 1.33 bits per heavy atom. The van der Waals surface area contributed by atoms with Crippen molar-refractivity contribution < 1.29 is 0 Å². The molecule has 2 rings (SSSR count). The van der Waals surface area contributed by atoms with Crippen LogP contribution in [0.25, 0.3) is 0 Å². The first-order valence-electron chi connectivity index (χ1n) is 5.27. The fourth-order valence-electron chi connectivity index (χ4n) is 1.55. The molecule has 0 aliphatic carbocycles. The van der Waals surface area contributed by atoms with E-state index in [9.17, 15) is 0 Å². The molecular formula is C12H11Br2ClN2S. The lowest BCUT2D eigenvalue weighted by molar-refractivity contribution is 0.806. The standard InChI is InChI=1S/C12H11Br2ClN2S/c13-7-5-11(18-12(7)14)10(6-16)17-9-4-2-1-3-8(9)15/h1-5,10,17H,6,16H2. The zero-order valence-corrected chi connectivity index (χ0v) is 14.0. The molecule has 1 aromatic carbocycles. The van der Waals surface area contributed by atoms with E-state index in [0.29, 0.717) is 11.6 Å². The van der Waals surface area contributed by atoms with Crippen LogP contribution in [0.1, 0.15) is 10.9 Å². The van der Waals surface area contributed by atoms with Gasteiger partial charge in [0.2, 0.25) is 0 Å². The molecule has 3 N–H and O–H groups in total. The van der Waals surface area contributed by atoms with Gasteiger partial charge in [-0.1, -0.05) is 23.7 Å². The van der Waals surface area contributed by atoms with Crippen molar-refractivity contribution in [2.45, 2.75) is 6.04 Å². The summed E-state index contributed by atoms with van der Waals surface area (Å²) in [6, 6.07) is 9.78. The molecule has 0 bridgehead atoms. The van der Waals surface area contributed by atoms with E-state index in [4.69, 9.17) is 17.3 Å². The van der Waals surface area contributed by atoms with E-state index in [1.165, 1.54) is 0 Å². The van der Waals surface area contributed by atoms with Crippen LogP contribution in [-0.2, 0) is 0 Å². The van der Waals surface area contributed by atoms with Crippen LogP contribution in [0.4, 0.5) is 5.69 Å². The third kappa shape index (κ3) is 3.27. The minimum atomic E-state index is 0.0532. The summed E-state index contributed by atoms with van der Waals surface area (Å²) in [4.78, 5) is 1.16. The molecule has 0 aliphatic heterocycles. The van der Waals surface area contributed by atoms with E-state index >= 15 is 0 Å². The molecule has 0 aliphatic rings. The maximum absolute atomic E-state index is 6.13. The van der Waals surface area contributed by atoms with Crippen molar-refractivity contribution >= 4 is 60.5 Å². The minimum absolute atomic E-state index is 0.0532. The van der Waals surface area contributed by atoms with Gasteiger partial charge in [0.15, 0.2) is 0 Å². The number of nitrogens with one attached hydrogen (secondary N) is 1. The predicted molar refractivity (Wildman–Crippen MR) is 86.6 cm³/mol. The molecular weight excluding hydrogens is 399 g/mol. The number of rotatable bonds is 4. The summed E-state index contributed by atoms with van der Waals surface area (Å²) < 4.78 is 2.11. The zero-order valence-electron chi connectivity index (χ0n) is 9.29. The molecule has 0 fully saturated rings. The van der Waals surface area contributed by atoms with Gasteiger partial charge in [0, 0.05) is 15.9 Å². The van der Waals surface area contributed by atoms with Gasteiger partial charge in [-0.3, -0.25) is 0 Å². The number of anilines is 1. The Bertz CT molecular complexity index is 525. The van der Waals surface area contributed by atoms with Crippen molar-refractivity contribution in [3.05, 3.63) is 48.5 Å². The first kappa shape index (κ1) is 14.3. The molecule has 0 spiro atoms. The highest BCUT2D eigenvalue weighted by Crippen LogP contribution is 2.36. The molecule has 2 nitrogen and oxygen atoms in total. The predicted octanol–water partition coefficient (Wildman–Crippen LogP) is 5.04. The molecule has 1 heterocycles. The smallest absolute Gasteiger partial charge is 0.0844 e. The number of hydrogen-bond acceptors (Lipinski definition) is 3. The topological polar surface area (TPSA) is 38.0 Å². The van der Waals surface area contributed by atoms with Gasteiger partial charge in [-0.05, 0) is 50.1 Å². The summed E-state index contributed by atoms with van der Waals surface area (Å²) >= 11 is 14.8. The summed E-state index contributed by atoms with van der Waals surface area (Å²) in [5.74, 6) is 0. The lowest BCUT2D eigenvalue weighted by Crippen LogP contribution is -2.19. The lowest BCUT2D eigenvalue weighted by atomic mass is 10.2. The van der Waals surface area contributed by atoms with Gasteiger partial charge in [0.1, 0.15) is 0 Å². The largest absolute Gasteiger partial charge is 0.375 e. The molecule has 1 unspecified atom stereocenters. The average Bonchev–Trinajstić information content (AvgIpc) is 2.68. The summed E-state index contributed by atoms with van der Waals surface area (Å²) in [7, 11) is 0. The van der Waals surface area contributed by atoms with Crippen molar-refractivity contribution in [1.82, 2.24) is 0 Å². The first-order chi connectivity index (χ1) is 8.61. The maximum atomic E-state index is 6.13. The summed E-state index contributed by atoms with van der Waals surface area (Å²) in [5.41, 5.74) is 6.73. The van der Waals surface area contributed by atoms with Gasteiger partial charge in [-0.2, -0.15) is 0 Å². The summed E-state index contributed by atoms with van der Waals surface area (Å²) in [6.45, 7) is 0.505. The van der Waals surface area contributed by atoms with E-state index in [-0.39, 0.29) is 6.04 Å². The number of nitrogens with two attached hydrogens (primary N) is 1. The third-order valence-electron chi connectivity index (χ3n) is 2.45. The monoisotopic (exact) mass is 408 g/mol. The summed E-state index contributed by atoms with van der Waals surface area (Å²) in [6.07, 6.45) is 0. The van der Waals surface area contributed by atoms with Gasteiger partial charge in [0.25, 0.3) is 0 Å². The highest BCUT2D eigenvalue weighted by molar-refractivity contribution is 9.13. The Morgan fingerprint density at radius 3 is 2.61 bits per heavy atom. The van der Waals surface area contributed by atoms with Gasteiger partial charge < -0.3 is 11.1 Å². The SMILES string of the molecule is NCC(Nc1ccccc1Cl)c1cc(Br)c(Br)s1. The zero-order chi connectivity index (χ0) is 13.1. The van der Waals surface area contributed by atoms with Crippen LogP contribution in [0.2, 0.25) is 5.02 Å². The number of thiophene rings is 1. The molecule has 0 radical (unpaired) electrons. The highest BCUT2D eigenvalue weighted by Gasteiger charge is 2.15. The number of halogens is 3. The van der Waals surface area contributed by atoms with Gasteiger partial charge in [-0.25, -0.2) is 0 Å². The van der Waals surface area contributed by atoms with Crippen molar-refractivity contribution in [3.63, 3.8) is 0 Å². The number of benzene rings is 1. The van der Waals surface area contributed by atoms with Crippen LogP contribution in [0, 0.1) is 0 Å². The normalized spacial score (nSPS) is 12.4. The second kappa shape index (κ2) is 6.39. The minimum Gasteiger partial charge on any atom is -0.375 e. The maximum Gasteiger partial charge on any atom is 0.0844 e. The Kier molecular flexibility index (Phi) is 5.09. The van der Waals surface area contributed by atoms with Crippen LogP contribution < -0.4 is 11.1 Å². The summed E-state index contributed by atoms with van der Waals surface area (Å²) in [5, 5.41) is 4.07. The average molecular weight is 411 g/mol. The highest BCUT2D eigenvalue weighted by atomic mass is 79.9. The molecule has 1 atom stereocenters. The molecule has 0 amide bonds. The van der Waals surface area contributed by atoms with E-state index in [1.807, 2.05) is 24.3 Å². The fourth-order valence-corrected chi connectivity index (χ4v) is 3.89. The van der Waals surface area contributed by atoms with Crippen LogP contribution in [0.15, 0.2) is 38.6 Å². The first-order valence-corrected chi connectivity index (χ1v) is 8.05. The van der Waals surface area contributed by atoms with Crippen molar-refractivity contribution in [1.29, 1.82) is 0 Å². The molecule has 0 saturated heterocycles. The van der Waals surface area contributed by atoms with Crippen molar-refractivity contribution in [2.75, 3.05) is 11.9 Å². The van der Waals surface area contributed by atoms with Crippen LogP contribution >= 0.6 is 54.8 Å². The van der Waals surface area contributed by atoms with Gasteiger partial charge in [-0.15, -0.1) is 11.3 Å².